The first kappa shape index (κ1) is 14.9. The van der Waals surface area contributed by atoms with E-state index in [-0.39, 0.29) is 6.61 Å². The number of carbonyl (C=O) groups is 1. The molecule has 6 heteroatoms. The first-order valence-electron chi connectivity index (χ1n) is 6.85. The number of methoxy groups -OCH3 is 1. The summed E-state index contributed by atoms with van der Waals surface area (Å²) in [5.41, 5.74) is 6.62. The third-order valence-electron chi connectivity index (χ3n) is 3.39. The van der Waals surface area contributed by atoms with Crippen molar-refractivity contribution in [2.24, 2.45) is 5.73 Å². The normalized spacial score (nSPS) is 10.7. The van der Waals surface area contributed by atoms with E-state index in [1.54, 1.807) is 30.3 Å². The quantitative estimate of drug-likeness (QED) is 0.785. The van der Waals surface area contributed by atoms with Crippen LogP contribution in [0.15, 0.2) is 47.1 Å². The Morgan fingerprint density at radius 1 is 1.17 bits per heavy atom. The number of amides is 1. The van der Waals surface area contributed by atoms with Gasteiger partial charge in [0.05, 0.1) is 13.4 Å². The predicted octanol–water partition coefficient (Wildman–Crippen LogP) is 3.11. The van der Waals surface area contributed by atoms with Crippen molar-refractivity contribution in [2.45, 2.75) is 0 Å². The number of halogens is 1. The van der Waals surface area contributed by atoms with Crippen molar-refractivity contribution in [3.8, 4) is 22.6 Å². The second kappa shape index (κ2) is 6.00. The highest BCUT2D eigenvalue weighted by molar-refractivity contribution is 5.95. The number of hydrogen-bond acceptors (Lipinski definition) is 4. The summed E-state index contributed by atoms with van der Waals surface area (Å²) in [6, 6.07) is 9.63. The van der Waals surface area contributed by atoms with Gasteiger partial charge in [-0.05, 0) is 30.3 Å². The maximum Gasteiger partial charge on any atom is 0.255 e. The smallest absolute Gasteiger partial charge is 0.255 e. The van der Waals surface area contributed by atoms with Crippen LogP contribution in [0.25, 0.3) is 22.1 Å². The molecule has 1 heterocycles. The van der Waals surface area contributed by atoms with E-state index in [0.717, 1.165) is 0 Å². The number of nitrogens with two attached hydrogens (primary N) is 1. The van der Waals surface area contributed by atoms with Crippen molar-refractivity contribution in [1.82, 2.24) is 0 Å². The zero-order valence-electron chi connectivity index (χ0n) is 12.3. The predicted molar refractivity (Wildman–Crippen MR) is 82.8 cm³/mol. The summed E-state index contributed by atoms with van der Waals surface area (Å²) in [6.45, 7) is -0.227. The average Bonchev–Trinajstić information content (AvgIpc) is 2.95. The van der Waals surface area contributed by atoms with Gasteiger partial charge in [0.25, 0.3) is 5.91 Å². The van der Waals surface area contributed by atoms with Gasteiger partial charge in [0.2, 0.25) is 0 Å². The summed E-state index contributed by atoms with van der Waals surface area (Å²) in [4.78, 5) is 10.8. The van der Waals surface area contributed by atoms with E-state index in [9.17, 15) is 9.18 Å². The van der Waals surface area contributed by atoms with Gasteiger partial charge in [-0.1, -0.05) is 0 Å². The SMILES string of the molecule is COc1ccc(-c2coc3ccc(OCC(N)=O)cc23)c(F)c1. The molecule has 0 bridgehead atoms. The van der Waals surface area contributed by atoms with Gasteiger partial charge in [-0.3, -0.25) is 4.79 Å². The Bertz CT molecular complexity index is 872. The third-order valence-corrected chi connectivity index (χ3v) is 3.39. The van der Waals surface area contributed by atoms with Crippen molar-refractivity contribution in [3.05, 3.63) is 48.5 Å². The lowest BCUT2D eigenvalue weighted by molar-refractivity contribution is -0.119. The Morgan fingerprint density at radius 2 is 1.96 bits per heavy atom. The fourth-order valence-corrected chi connectivity index (χ4v) is 2.30. The molecule has 0 atom stereocenters. The van der Waals surface area contributed by atoms with Crippen LogP contribution in [-0.4, -0.2) is 19.6 Å². The molecule has 2 N–H and O–H groups in total. The molecule has 118 valence electrons. The van der Waals surface area contributed by atoms with E-state index < -0.39 is 11.7 Å². The lowest BCUT2D eigenvalue weighted by Gasteiger charge is -2.06. The molecule has 23 heavy (non-hydrogen) atoms. The van der Waals surface area contributed by atoms with Crippen LogP contribution < -0.4 is 15.2 Å². The summed E-state index contributed by atoms with van der Waals surface area (Å²) in [6.07, 6.45) is 1.48. The van der Waals surface area contributed by atoms with Crippen LogP contribution >= 0.6 is 0 Å². The number of carbonyl (C=O) groups excluding carboxylic acids is 1. The molecule has 0 saturated carbocycles. The van der Waals surface area contributed by atoms with Gasteiger partial charge >= 0.3 is 0 Å². The Balaban J connectivity index is 2.04. The molecule has 0 spiro atoms. The summed E-state index contributed by atoms with van der Waals surface area (Å²) >= 11 is 0. The van der Waals surface area contributed by atoms with E-state index in [2.05, 4.69) is 0 Å². The molecule has 0 aliphatic carbocycles. The van der Waals surface area contributed by atoms with Crippen LogP contribution in [0.2, 0.25) is 0 Å². The van der Waals surface area contributed by atoms with Crippen molar-refractivity contribution in [3.63, 3.8) is 0 Å². The van der Waals surface area contributed by atoms with Crippen LogP contribution in [0.4, 0.5) is 4.39 Å². The van der Waals surface area contributed by atoms with E-state index in [1.165, 1.54) is 19.4 Å². The van der Waals surface area contributed by atoms with Crippen LogP contribution in [0.3, 0.4) is 0 Å². The van der Waals surface area contributed by atoms with Crippen molar-refractivity contribution in [1.29, 1.82) is 0 Å². The molecule has 3 rings (SSSR count). The molecule has 0 fully saturated rings. The molecule has 0 aliphatic rings. The molecule has 1 amide bonds. The summed E-state index contributed by atoms with van der Waals surface area (Å²) in [5.74, 6) is -0.105. The number of fused-ring (bicyclic) bond motifs is 1. The molecular formula is C17H14FNO4. The fourth-order valence-electron chi connectivity index (χ4n) is 2.30. The fraction of sp³-hybridized carbons (Fsp3) is 0.118. The molecule has 0 saturated heterocycles. The maximum absolute atomic E-state index is 14.3. The average molecular weight is 315 g/mol. The minimum atomic E-state index is -0.571. The van der Waals surface area contributed by atoms with Crippen molar-refractivity contribution in [2.75, 3.05) is 13.7 Å². The van der Waals surface area contributed by atoms with Crippen LogP contribution in [0, 0.1) is 5.82 Å². The molecule has 0 unspecified atom stereocenters. The number of benzene rings is 2. The summed E-state index contributed by atoms with van der Waals surface area (Å²) in [7, 11) is 1.48. The molecular weight excluding hydrogens is 301 g/mol. The standard InChI is InChI=1S/C17H14FNO4/c1-21-10-2-4-12(15(18)7-10)14-8-23-16-5-3-11(6-13(14)16)22-9-17(19)20/h2-8H,9H2,1H3,(H2,19,20). The van der Waals surface area contributed by atoms with Gasteiger partial charge < -0.3 is 19.6 Å². The first-order valence-corrected chi connectivity index (χ1v) is 6.85. The van der Waals surface area contributed by atoms with Crippen LogP contribution in [-0.2, 0) is 4.79 Å². The highest BCUT2D eigenvalue weighted by Crippen LogP contribution is 2.35. The number of rotatable bonds is 5. The van der Waals surface area contributed by atoms with E-state index in [4.69, 9.17) is 19.6 Å². The molecule has 3 aromatic rings. The highest BCUT2D eigenvalue weighted by atomic mass is 19.1. The number of furan rings is 1. The van der Waals surface area contributed by atoms with Crippen molar-refractivity contribution >= 4 is 16.9 Å². The third kappa shape index (κ3) is 2.96. The molecule has 5 nitrogen and oxygen atoms in total. The monoisotopic (exact) mass is 315 g/mol. The number of hydrogen-bond donors (Lipinski definition) is 1. The summed E-state index contributed by atoms with van der Waals surface area (Å²) < 4.78 is 30.0. The minimum Gasteiger partial charge on any atom is -0.497 e. The van der Waals surface area contributed by atoms with Crippen LogP contribution in [0.1, 0.15) is 0 Å². The maximum atomic E-state index is 14.3. The van der Waals surface area contributed by atoms with Crippen molar-refractivity contribution < 1.29 is 23.1 Å². The number of primary amides is 1. The van der Waals surface area contributed by atoms with E-state index in [0.29, 0.717) is 33.6 Å². The Hall–Kier alpha value is -3.02. The van der Waals surface area contributed by atoms with Gasteiger partial charge in [0.15, 0.2) is 6.61 Å². The largest absolute Gasteiger partial charge is 0.497 e. The van der Waals surface area contributed by atoms with Gasteiger partial charge in [-0.15, -0.1) is 0 Å². The topological polar surface area (TPSA) is 74.7 Å². The van der Waals surface area contributed by atoms with Gasteiger partial charge in [-0.2, -0.15) is 0 Å². The molecule has 2 aromatic carbocycles. The molecule has 1 aromatic heterocycles. The molecule has 0 radical (unpaired) electrons. The summed E-state index contributed by atoms with van der Waals surface area (Å²) in [5, 5.41) is 0.677. The van der Waals surface area contributed by atoms with E-state index in [1.807, 2.05) is 0 Å². The molecule has 0 aliphatic heterocycles. The second-order valence-electron chi connectivity index (χ2n) is 4.91. The van der Waals surface area contributed by atoms with Gasteiger partial charge in [0.1, 0.15) is 22.9 Å². The van der Waals surface area contributed by atoms with E-state index >= 15 is 0 Å². The lowest BCUT2D eigenvalue weighted by Crippen LogP contribution is -2.19. The zero-order chi connectivity index (χ0) is 16.4. The van der Waals surface area contributed by atoms with Gasteiger partial charge in [-0.25, -0.2) is 4.39 Å². The Morgan fingerprint density at radius 3 is 2.65 bits per heavy atom. The lowest BCUT2D eigenvalue weighted by atomic mass is 10.0. The zero-order valence-corrected chi connectivity index (χ0v) is 12.3. The van der Waals surface area contributed by atoms with Gasteiger partial charge in [0, 0.05) is 22.6 Å². The van der Waals surface area contributed by atoms with Crippen LogP contribution in [0.5, 0.6) is 11.5 Å². The number of ether oxygens (including phenoxy) is 2. The highest BCUT2D eigenvalue weighted by Gasteiger charge is 2.14. The first-order chi connectivity index (χ1) is 11.1. The minimum absolute atomic E-state index is 0.227. The Kier molecular flexibility index (Phi) is 3.89. The second-order valence-corrected chi connectivity index (χ2v) is 4.91. The Labute approximate surface area is 131 Å².